The molecule has 2 N–H and O–H groups in total. The number of hydrogen-bond acceptors (Lipinski definition) is 4. The van der Waals surface area contributed by atoms with Crippen LogP contribution in [0.5, 0.6) is 0 Å². The number of aryl methyl sites for hydroxylation is 1. The minimum Gasteiger partial charge on any atom is -0.370 e. The molecule has 0 bridgehead atoms. The Morgan fingerprint density at radius 2 is 1.94 bits per heavy atom. The number of nitrogens with one attached hydrogen (secondary N) is 2. The molecule has 0 unspecified atom stereocenters. The molecule has 17 heavy (non-hydrogen) atoms. The highest BCUT2D eigenvalue weighted by molar-refractivity contribution is 5.46. The van der Waals surface area contributed by atoms with Gasteiger partial charge in [0.05, 0.1) is 0 Å². The summed E-state index contributed by atoms with van der Waals surface area (Å²) in [6.45, 7) is 8.14. The van der Waals surface area contributed by atoms with Crippen LogP contribution in [0.1, 0.15) is 45.1 Å². The van der Waals surface area contributed by atoms with Crippen molar-refractivity contribution < 1.29 is 0 Å². The molecule has 0 saturated heterocycles. The van der Waals surface area contributed by atoms with Crippen molar-refractivity contribution in [1.29, 1.82) is 0 Å². The van der Waals surface area contributed by atoms with Crippen LogP contribution in [0, 0.1) is 6.92 Å². The number of unbranched alkanes of at least 4 members (excludes halogenated alkanes) is 3. The molecule has 1 heterocycles. The molecule has 0 aliphatic rings. The molecule has 4 nitrogen and oxygen atoms in total. The molecule has 4 heteroatoms. The van der Waals surface area contributed by atoms with Gasteiger partial charge >= 0.3 is 0 Å². The Morgan fingerprint density at radius 1 is 1.12 bits per heavy atom. The SMILES string of the molecule is CCCCCCNc1nc(NCC)ncc1C. The fraction of sp³-hybridized carbons (Fsp3) is 0.692. The second kappa shape index (κ2) is 7.87. The van der Waals surface area contributed by atoms with Crippen LogP contribution in [-0.2, 0) is 0 Å². The van der Waals surface area contributed by atoms with Gasteiger partial charge in [-0.25, -0.2) is 4.98 Å². The van der Waals surface area contributed by atoms with E-state index in [0.29, 0.717) is 5.95 Å². The van der Waals surface area contributed by atoms with Crippen molar-refractivity contribution in [3.05, 3.63) is 11.8 Å². The smallest absolute Gasteiger partial charge is 0.224 e. The molecule has 96 valence electrons. The van der Waals surface area contributed by atoms with E-state index >= 15 is 0 Å². The molecule has 0 aromatic carbocycles. The Kier molecular flexibility index (Phi) is 6.37. The van der Waals surface area contributed by atoms with Gasteiger partial charge in [0.2, 0.25) is 5.95 Å². The number of anilines is 2. The maximum Gasteiger partial charge on any atom is 0.224 e. The molecular formula is C13H24N4. The van der Waals surface area contributed by atoms with Gasteiger partial charge in [-0.1, -0.05) is 26.2 Å². The average molecular weight is 236 g/mol. The lowest BCUT2D eigenvalue weighted by atomic mass is 10.2. The van der Waals surface area contributed by atoms with Gasteiger partial charge in [0.15, 0.2) is 0 Å². The zero-order chi connectivity index (χ0) is 12.5. The fourth-order valence-electron chi connectivity index (χ4n) is 1.62. The summed E-state index contributed by atoms with van der Waals surface area (Å²) in [5, 5.41) is 6.50. The zero-order valence-corrected chi connectivity index (χ0v) is 11.2. The van der Waals surface area contributed by atoms with E-state index < -0.39 is 0 Å². The van der Waals surface area contributed by atoms with Crippen molar-refractivity contribution in [2.24, 2.45) is 0 Å². The topological polar surface area (TPSA) is 49.8 Å². The van der Waals surface area contributed by atoms with E-state index in [9.17, 15) is 0 Å². The van der Waals surface area contributed by atoms with Crippen LogP contribution >= 0.6 is 0 Å². The van der Waals surface area contributed by atoms with E-state index in [1.54, 1.807) is 0 Å². The predicted molar refractivity (Wildman–Crippen MR) is 73.6 cm³/mol. The third kappa shape index (κ3) is 5.02. The van der Waals surface area contributed by atoms with E-state index in [1.807, 2.05) is 20.0 Å². The molecule has 0 saturated carbocycles. The number of nitrogens with zero attached hydrogens (tertiary/aromatic N) is 2. The first-order valence-electron chi connectivity index (χ1n) is 6.59. The summed E-state index contributed by atoms with van der Waals surface area (Å²) in [4.78, 5) is 8.67. The van der Waals surface area contributed by atoms with E-state index in [-0.39, 0.29) is 0 Å². The summed E-state index contributed by atoms with van der Waals surface area (Å²) in [5.41, 5.74) is 1.10. The van der Waals surface area contributed by atoms with Crippen LogP contribution in [0.3, 0.4) is 0 Å². The van der Waals surface area contributed by atoms with Gasteiger partial charge in [-0.15, -0.1) is 0 Å². The van der Waals surface area contributed by atoms with Crippen molar-refractivity contribution in [2.75, 3.05) is 23.7 Å². The number of hydrogen-bond donors (Lipinski definition) is 2. The highest BCUT2D eigenvalue weighted by atomic mass is 15.1. The lowest BCUT2D eigenvalue weighted by Crippen LogP contribution is -2.09. The Morgan fingerprint density at radius 3 is 2.65 bits per heavy atom. The highest BCUT2D eigenvalue weighted by Gasteiger charge is 2.02. The first-order chi connectivity index (χ1) is 8.27. The normalized spacial score (nSPS) is 10.3. The Bertz CT molecular complexity index is 325. The summed E-state index contributed by atoms with van der Waals surface area (Å²) in [7, 11) is 0. The number of rotatable bonds is 8. The maximum absolute atomic E-state index is 4.45. The van der Waals surface area contributed by atoms with E-state index in [2.05, 4.69) is 27.5 Å². The van der Waals surface area contributed by atoms with E-state index in [0.717, 1.165) is 24.5 Å². The second-order valence-corrected chi connectivity index (χ2v) is 4.24. The van der Waals surface area contributed by atoms with Gasteiger partial charge < -0.3 is 10.6 Å². The third-order valence-electron chi connectivity index (χ3n) is 2.63. The van der Waals surface area contributed by atoms with Crippen molar-refractivity contribution in [1.82, 2.24) is 9.97 Å². The van der Waals surface area contributed by atoms with Gasteiger partial charge in [-0.2, -0.15) is 4.98 Å². The first-order valence-corrected chi connectivity index (χ1v) is 6.59. The molecule has 0 aliphatic heterocycles. The van der Waals surface area contributed by atoms with Crippen molar-refractivity contribution in [3.63, 3.8) is 0 Å². The highest BCUT2D eigenvalue weighted by Crippen LogP contribution is 2.12. The third-order valence-corrected chi connectivity index (χ3v) is 2.63. The minimum atomic E-state index is 0.703. The van der Waals surface area contributed by atoms with Crippen LogP contribution in [0.25, 0.3) is 0 Å². The largest absolute Gasteiger partial charge is 0.370 e. The van der Waals surface area contributed by atoms with Gasteiger partial charge in [0, 0.05) is 24.8 Å². The summed E-state index contributed by atoms with van der Waals surface area (Å²) in [6.07, 6.45) is 6.94. The lowest BCUT2D eigenvalue weighted by Gasteiger charge is -2.10. The van der Waals surface area contributed by atoms with Crippen LogP contribution < -0.4 is 10.6 Å². The quantitative estimate of drug-likeness (QED) is 0.680. The standard InChI is InChI=1S/C13H24N4/c1-4-6-7-8-9-15-12-11(3)10-16-13(17-12)14-5-2/h10H,4-9H2,1-3H3,(H2,14,15,16,17). The molecule has 0 spiro atoms. The van der Waals surface area contributed by atoms with Gasteiger partial charge in [0.25, 0.3) is 0 Å². The van der Waals surface area contributed by atoms with E-state index in [1.165, 1.54) is 25.7 Å². The van der Waals surface area contributed by atoms with Crippen molar-refractivity contribution >= 4 is 11.8 Å². The van der Waals surface area contributed by atoms with Gasteiger partial charge in [0.1, 0.15) is 5.82 Å². The lowest BCUT2D eigenvalue weighted by molar-refractivity contribution is 0.684. The summed E-state index contributed by atoms with van der Waals surface area (Å²) in [6, 6.07) is 0. The molecule has 0 aliphatic carbocycles. The second-order valence-electron chi connectivity index (χ2n) is 4.24. The maximum atomic E-state index is 4.45. The zero-order valence-electron chi connectivity index (χ0n) is 11.2. The molecule has 0 amide bonds. The van der Waals surface area contributed by atoms with Crippen LogP contribution in [-0.4, -0.2) is 23.1 Å². The molecule has 0 radical (unpaired) electrons. The van der Waals surface area contributed by atoms with Crippen LogP contribution in [0.2, 0.25) is 0 Å². The summed E-state index contributed by atoms with van der Waals surface area (Å²) >= 11 is 0. The first kappa shape index (κ1) is 13.7. The molecule has 0 atom stereocenters. The summed E-state index contributed by atoms with van der Waals surface area (Å²) in [5.74, 6) is 1.65. The van der Waals surface area contributed by atoms with Crippen LogP contribution in [0.4, 0.5) is 11.8 Å². The number of aromatic nitrogens is 2. The average Bonchev–Trinajstić information content (AvgIpc) is 2.33. The molecule has 1 aromatic heterocycles. The Hall–Kier alpha value is -1.32. The summed E-state index contributed by atoms with van der Waals surface area (Å²) < 4.78 is 0. The van der Waals surface area contributed by atoms with Crippen LogP contribution in [0.15, 0.2) is 6.20 Å². The molecule has 0 fully saturated rings. The van der Waals surface area contributed by atoms with E-state index in [4.69, 9.17) is 0 Å². The minimum absolute atomic E-state index is 0.703. The molecule has 1 aromatic rings. The molecular weight excluding hydrogens is 212 g/mol. The predicted octanol–water partition coefficient (Wildman–Crippen LogP) is 3.21. The monoisotopic (exact) mass is 236 g/mol. The van der Waals surface area contributed by atoms with Crippen molar-refractivity contribution in [2.45, 2.75) is 46.5 Å². The molecule has 1 rings (SSSR count). The van der Waals surface area contributed by atoms with Crippen molar-refractivity contribution in [3.8, 4) is 0 Å². The van der Waals surface area contributed by atoms with Gasteiger partial charge in [-0.3, -0.25) is 0 Å². The van der Waals surface area contributed by atoms with Gasteiger partial charge in [-0.05, 0) is 20.3 Å². The Balaban J connectivity index is 2.42. The Labute approximate surface area is 104 Å². The fourth-order valence-corrected chi connectivity index (χ4v) is 1.62.